The number of hydrogen-bond acceptors (Lipinski definition) is 6. The normalized spacial score (nSPS) is 12.2. The maximum atomic E-state index is 14.7. The molecule has 12 heteroatoms. The third-order valence-electron chi connectivity index (χ3n) is 20.5. The second-order valence-corrected chi connectivity index (χ2v) is 29.8. The molecule has 0 aromatic carbocycles. The number of unbranched alkanes of at least 4 members (excludes halogenated alkanes) is 55. The summed E-state index contributed by atoms with van der Waals surface area (Å²) in [6.45, 7) is 12.1. The van der Waals surface area contributed by atoms with Crippen LogP contribution >= 0.6 is 0 Å². The molecule has 12 nitrogen and oxygen atoms in total. The van der Waals surface area contributed by atoms with Gasteiger partial charge in [0.2, 0.25) is 23.6 Å². The van der Waals surface area contributed by atoms with Crippen molar-refractivity contribution in [1.82, 2.24) is 40.4 Å². The van der Waals surface area contributed by atoms with Gasteiger partial charge in [0.1, 0.15) is 12.1 Å². The van der Waals surface area contributed by atoms with Gasteiger partial charge in [-0.2, -0.15) is 0 Å². The number of hydrogen-bond donors (Lipinski definition) is 4. The number of carbonyl (C=O) groups excluding carboxylic acids is 4. The SMILES string of the molecule is CCCCCCCCCCCCCCCCN(CCCCCCCCCCCCCCCC)C(=O)C(Cc1cnc[nH]1)NC(=O)CCCCCCC(=O)NC(Cc1cnc[nH]1)C(=O)N(CCCCCCCCCCCCCCCC)CCCCCCCCCCCCCCCC. The van der Waals surface area contributed by atoms with Crippen molar-refractivity contribution >= 4 is 23.6 Å². The summed E-state index contributed by atoms with van der Waals surface area (Å²) in [7, 11) is 0. The Bertz CT molecular complexity index is 1760. The van der Waals surface area contributed by atoms with Crippen molar-refractivity contribution in [3.63, 3.8) is 0 Å². The Morgan fingerprint density at radius 1 is 0.292 bits per heavy atom. The number of amides is 4. The van der Waals surface area contributed by atoms with Crippen molar-refractivity contribution < 1.29 is 19.2 Å². The number of nitrogens with one attached hydrogen (secondary N) is 4. The van der Waals surface area contributed by atoms with Gasteiger partial charge in [0, 0.05) is 75.6 Å². The van der Waals surface area contributed by atoms with Crippen LogP contribution in [0.2, 0.25) is 0 Å². The van der Waals surface area contributed by atoms with E-state index in [1.165, 1.54) is 308 Å². The highest BCUT2D eigenvalue weighted by Crippen LogP contribution is 2.20. The molecule has 96 heavy (non-hydrogen) atoms. The molecule has 0 fully saturated rings. The minimum atomic E-state index is -0.660. The van der Waals surface area contributed by atoms with Crippen LogP contribution in [0.3, 0.4) is 0 Å². The largest absolute Gasteiger partial charge is 0.348 e. The Labute approximate surface area is 593 Å². The lowest BCUT2D eigenvalue weighted by Crippen LogP contribution is -2.50. The van der Waals surface area contributed by atoms with E-state index in [2.05, 4.69) is 68.1 Å². The summed E-state index contributed by atoms with van der Waals surface area (Å²) < 4.78 is 0. The first-order valence-electron chi connectivity index (χ1n) is 42.4. The third kappa shape index (κ3) is 54.2. The van der Waals surface area contributed by atoms with Gasteiger partial charge in [-0.05, 0) is 38.5 Å². The van der Waals surface area contributed by atoms with E-state index in [0.717, 1.165) is 102 Å². The zero-order valence-corrected chi connectivity index (χ0v) is 64.0. The number of H-pyrrole nitrogens is 2. The van der Waals surface area contributed by atoms with Gasteiger partial charge in [-0.15, -0.1) is 0 Å². The second kappa shape index (κ2) is 68.4. The summed E-state index contributed by atoms with van der Waals surface area (Å²) in [6, 6.07) is -1.32. The molecule has 0 radical (unpaired) electrons. The van der Waals surface area contributed by atoms with E-state index in [1.54, 1.807) is 25.0 Å². The van der Waals surface area contributed by atoms with Crippen LogP contribution in [-0.2, 0) is 32.0 Å². The summed E-state index contributed by atoms with van der Waals surface area (Å²) in [5, 5.41) is 6.39. The number of carbonyl (C=O) groups is 4. The molecule has 0 saturated heterocycles. The van der Waals surface area contributed by atoms with E-state index in [1.807, 2.05) is 0 Å². The molecule has 0 aliphatic carbocycles. The Balaban J connectivity index is 1.95. The molecular weight excluding hydrogens is 1180 g/mol. The fourth-order valence-corrected chi connectivity index (χ4v) is 14.2. The molecule has 0 bridgehead atoms. The monoisotopic (exact) mass is 1340 g/mol. The lowest BCUT2D eigenvalue weighted by atomic mass is 10.0. The molecule has 4 N–H and O–H groups in total. The predicted molar refractivity (Wildman–Crippen MR) is 411 cm³/mol. The molecule has 0 aliphatic rings. The predicted octanol–water partition coefficient (Wildman–Crippen LogP) is 23.8. The molecule has 2 atom stereocenters. The van der Waals surface area contributed by atoms with Gasteiger partial charge in [-0.1, -0.05) is 374 Å². The summed E-state index contributed by atoms with van der Waals surface area (Å²) in [5.74, 6) is -0.173. The zero-order chi connectivity index (χ0) is 68.9. The summed E-state index contributed by atoms with van der Waals surface area (Å²) in [4.78, 5) is 76.0. The molecule has 2 unspecified atom stereocenters. The number of imidazole rings is 2. The van der Waals surface area contributed by atoms with Crippen LogP contribution in [0.15, 0.2) is 25.0 Å². The molecule has 0 spiro atoms. The van der Waals surface area contributed by atoms with E-state index in [-0.39, 0.29) is 23.6 Å². The quantitative estimate of drug-likeness (QED) is 0.0483. The third-order valence-corrected chi connectivity index (χ3v) is 20.5. The highest BCUT2D eigenvalue weighted by molar-refractivity contribution is 5.88. The van der Waals surface area contributed by atoms with Crippen LogP contribution in [0.5, 0.6) is 0 Å². The molecule has 0 aliphatic heterocycles. The number of nitrogens with zero attached hydrogens (tertiary/aromatic N) is 4. The minimum Gasteiger partial charge on any atom is -0.348 e. The Morgan fingerprint density at radius 2 is 0.479 bits per heavy atom. The Morgan fingerprint density at radius 3 is 0.667 bits per heavy atom. The standard InChI is InChI=1S/C84H158N8O4/c1-5-9-13-17-21-25-29-33-37-41-45-49-55-61-67-91(68-62-56-50-46-42-38-34-30-26-22-18-14-10-6-2)83(95)79(71-77-73-85-75-87-77)89-81(93)65-59-53-54-60-66-82(94)90-80(72-78-74-86-76-88-78)84(96)92(69-63-57-51-47-43-39-35-31-27-23-19-15-11-7-3)70-64-58-52-48-44-40-36-32-28-24-20-16-12-8-4/h73-76,79-80H,5-72H2,1-4H3,(H,85,87)(H,86,88)(H,89,93)(H,90,94). The van der Waals surface area contributed by atoms with Crippen LogP contribution in [0, 0.1) is 0 Å². The van der Waals surface area contributed by atoms with Gasteiger partial charge < -0.3 is 30.4 Å². The van der Waals surface area contributed by atoms with Crippen molar-refractivity contribution in [3.05, 3.63) is 36.4 Å². The van der Waals surface area contributed by atoms with E-state index in [4.69, 9.17) is 0 Å². The van der Waals surface area contributed by atoms with Crippen molar-refractivity contribution in [2.75, 3.05) is 26.2 Å². The first-order chi connectivity index (χ1) is 47.3. The van der Waals surface area contributed by atoms with E-state index in [9.17, 15) is 19.2 Å². The Hall–Kier alpha value is -3.70. The summed E-state index contributed by atoms with van der Waals surface area (Å²) >= 11 is 0. The van der Waals surface area contributed by atoms with Crippen molar-refractivity contribution in [2.24, 2.45) is 0 Å². The van der Waals surface area contributed by atoms with Crippen molar-refractivity contribution in [3.8, 4) is 0 Å². The van der Waals surface area contributed by atoms with Gasteiger partial charge in [-0.25, -0.2) is 9.97 Å². The Kier molecular flexibility index (Phi) is 63.0. The number of rotatable bonds is 75. The number of aromatic amines is 2. The molecule has 4 amide bonds. The maximum absolute atomic E-state index is 14.7. The van der Waals surface area contributed by atoms with Gasteiger partial charge in [0.25, 0.3) is 0 Å². The first kappa shape index (κ1) is 88.4. The van der Waals surface area contributed by atoms with E-state index < -0.39 is 12.1 Å². The van der Waals surface area contributed by atoms with Crippen LogP contribution < -0.4 is 10.6 Å². The van der Waals surface area contributed by atoms with Crippen LogP contribution in [0.1, 0.15) is 437 Å². The second-order valence-electron chi connectivity index (χ2n) is 29.8. The van der Waals surface area contributed by atoms with Gasteiger partial charge in [0.05, 0.1) is 12.7 Å². The van der Waals surface area contributed by atoms with Crippen LogP contribution in [0.25, 0.3) is 0 Å². The zero-order valence-electron chi connectivity index (χ0n) is 64.0. The molecule has 2 heterocycles. The lowest BCUT2D eigenvalue weighted by Gasteiger charge is -2.28. The molecule has 558 valence electrons. The maximum Gasteiger partial charge on any atom is 0.245 e. The lowest BCUT2D eigenvalue weighted by molar-refractivity contribution is -0.136. The fraction of sp³-hybridized carbons (Fsp3) is 0.881. The highest BCUT2D eigenvalue weighted by atomic mass is 16.2. The fourth-order valence-electron chi connectivity index (χ4n) is 14.2. The number of aromatic nitrogens is 4. The molecule has 2 aromatic heterocycles. The topological polar surface area (TPSA) is 156 Å². The summed E-state index contributed by atoms with van der Waals surface area (Å²) in [5.41, 5.74) is 1.69. The average Bonchev–Trinajstić information content (AvgIpc) is 2.14. The van der Waals surface area contributed by atoms with Crippen molar-refractivity contribution in [2.45, 2.75) is 451 Å². The van der Waals surface area contributed by atoms with Gasteiger partial charge in [-0.3, -0.25) is 19.2 Å². The molecule has 2 aromatic rings. The van der Waals surface area contributed by atoms with E-state index in [0.29, 0.717) is 38.5 Å². The van der Waals surface area contributed by atoms with Crippen LogP contribution in [-0.4, -0.2) is 91.6 Å². The summed E-state index contributed by atoms with van der Waals surface area (Å²) in [6.07, 6.45) is 84.1. The van der Waals surface area contributed by atoms with Gasteiger partial charge >= 0.3 is 0 Å². The van der Waals surface area contributed by atoms with Gasteiger partial charge in [0.15, 0.2) is 0 Å². The molecule has 2 rings (SSSR count). The van der Waals surface area contributed by atoms with Crippen molar-refractivity contribution in [1.29, 1.82) is 0 Å². The average molecular weight is 1340 g/mol. The molecule has 0 saturated carbocycles. The highest BCUT2D eigenvalue weighted by Gasteiger charge is 2.28. The van der Waals surface area contributed by atoms with Crippen LogP contribution in [0.4, 0.5) is 0 Å². The van der Waals surface area contributed by atoms with E-state index >= 15 is 0 Å². The smallest absolute Gasteiger partial charge is 0.245 e. The first-order valence-corrected chi connectivity index (χ1v) is 42.4. The minimum absolute atomic E-state index is 0.0189. The molecular formula is C84H158N8O4.